The molecule has 2 heterocycles. The normalized spacial score (nSPS) is 28.7. The third-order valence-electron chi connectivity index (χ3n) is 3.91. The van der Waals surface area contributed by atoms with Gasteiger partial charge in [-0.25, -0.2) is 0 Å². The van der Waals surface area contributed by atoms with Crippen LogP contribution >= 0.6 is 0 Å². The van der Waals surface area contributed by atoms with E-state index in [0.717, 1.165) is 18.5 Å². The van der Waals surface area contributed by atoms with E-state index in [-0.39, 0.29) is 0 Å². The lowest BCUT2D eigenvalue weighted by Gasteiger charge is -2.36. The van der Waals surface area contributed by atoms with Crippen molar-refractivity contribution in [1.82, 2.24) is 0 Å². The fourth-order valence-electron chi connectivity index (χ4n) is 3.08. The Labute approximate surface area is 91.1 Å². The van der Waals surface area contributed by atoms with Crippen molar-refractivity contribution >= 4 is 5.69 Å². The molecule has 0 radical (unpaired) electrons. The molecular formula is C13H18N2. The number of para-hydroxylation sites is 1. The SMILES string of the molecule is NCC1CCN2c3ccccc3CC2C1. The first-order valence-electron chi connectivity index (χ1n) is 5.93. The summed E-state index contributed by atoms with van der Waals surface area (Å²) in [4.78, 5) is 2.58. The van der Waals surface area contributed by atoms with Gasteiger partial charge in [0.05, 0.1) is 0 Å². The number of nitrogens with two attached hydrogens (primary N) is 1. The van der Waals surface area contributed by atoms with Gasteiger partial charge in [0, 0.05) is 18.3 Å². The molecule has 2 aliphatic rings. The van der Waals surface area contributed by atoms with Gasteiger partial charge in [-0.2, -0.15) is 0 Å². The predicted molar refractivity (Wildman–Crippen MR) is 63.1 cm³/mol. The van der Waals surface area contributed by atoms with Gasteiger partial charge in [-0.3, -0.25) is 0 Å². The van der Waals surface area contributed by atoms with Crippen molar-refractivity contribution in [3.63, 3.8) is 0 Å². The zero-order valence-corrected chi connectivity index (χ0v) is 9.02. The van der Waals surface area contributed by atoms with Crippen LogP contribution in [0.2, 0.25) is 0 Å². The van der Waals surface area contributed by atoms with Gasteiger partial charge in [0.2, 0.25) is 0 Å². The molecule has 1 aromatic carbocycles. The molecule has 2 heteroatoms. The number of anilines is 1. The van der Waals surface area contributed by atoms with Crippen molar-refractivity contribution in [3.8, 4) is 0 Å². The molecule has 2 N–H and O–H groups in total. The molecule has 1 fully saturated rings. The molecule has 1 aromatic rings. The molecule has 0 aromatic heterocycles. The van der Waals surface area contributed by atoms with Crippen molar-refractivity contribution in [1.29, 1.82) is 0 Å². The maximum absolute atomic E-state index is 5.77. The molecule has 2 atom stereocenters. The molecular weight excluding hydrogens is 184 g/mol. The molecule has 1 saturated heterocycles. The molecule has 3 rings (SSSR count). The van der Waals surface area contributed by atoms with E-state index in [1.807, 2.05) is 0 Å². The van der Waals surface area contributed by atoms with Crippen LogP contribution in [0.3, 0.4) is 0 Å². The Morgan fingerprint density at radius 2 is 2.20 bits per heavy atom. The molecule has 80 valence electrons. The molecule has 0 spiro atoms. The van der Waals surface area contributed by atoms with E-state index >= 15 is 0 Å². The number of fused-ring (bicyclic) bond motifs is 3. The van der Waals surface area contributed by atoms with Crippen LogP contribution in [0.15, 0.2) is 24.3 Å². The molecule has 2 aliphatic heterocycles. The summed E-state index contributed by atoms with van der Waals surface area (Å²) in [5.74, 6) is 0.751. The summed E-state index contributed by atoms with van der Waals surface area (Å²) in [7, 11) is 0. The first-order chi connectivity index (χ1) is 7.38. The lowest BCUT2D eigenvalue weighted by Crippen LogP contribution is -2.41. The van der Waals surface area contributed by atoms with Gasteiger partial charge in [0.25, 0.3) is 0 Å². The molecule has 0 saturated carbocycles. The minimum atomic E-state index is 0.727. The summed E-state index contributed by atoms with van der Waals surface area (Å²) < 4.78 is 0. The Balaban J connectivity index is 1.86. The van der Waals surface area contributed by atoms with E-state index in [0.29, 0.717) is 0 Å². The van der Waals surface area contributed by atoms with Gasteiger partial charge < -0.3 is 10.6 Å². The zero-order valence-electron chi connectivity index (χ0n) is 9.02. The van der Waals surface area contributed by atoms with Crippen molar-refractivity contribution in [3.05, 3.63) is 29.8 Å². The highest BCUT2D eigenvalue weighted by atomic mass is 15.2. The second kappa shape index (κ2) is 3.53. The molecule has 0 bridgehead atoms. The third-order valence-corrected chi connectivity index (χ3v) is 3.91. The Bertz CT molecular complexity index is 361. The van der Waals surface area contributed by atoms with Crippen LogP contribution in [-0.2, 0) is 6.42 Å². The summed E-state index contributed by atoms with van der Waals surface area (Å²) in [6.45, 7) is 2.06. The number of rotatable bonds is 1. The van der Waals surface area contributed by atoms with E-state index in [2.05, 4.69) is 29.2 Å². The summed E-state index contributed by atoms with van der Waals surface area (Å²) >= 11 is 0. The van der Waals surface area contributed by atoms with Crippen LogP contribution in [0.4, 0.5) is 5.69 Å². The second-order valence-electron chi connectivity index (χ2n) is 4.81. The van der Waals surface area contributed by atoms with Gasteiger partial charge >= 0.3 is 0 Å². The van der Waals surface area contributed by atoms with Gasteiger partial charge in [0.15, 0.2) is 0 Å². The van der Waals surface area contributed by atoms with Crippen molar-refractivity contribution in [2.75, 3.05) is 18.0 Å². The quantitative estimate of drug-likeness (QED) is 0.752. The van der Waals surface area contributed by atoms with E-state index < -0.39 is 0 Å². The first kappa shape index (κ1) is 9.22. The number of piperidine rings is 1. The summed E-state index contributed by atoms with van der Waals surface area (Å²) in [6, 6.07) is 9.56. The van der Waals surface area contributed by atoms with E-state index in [4.69, 9.17) is 5.73 Å². The average molecular weight is 202 g/mol. The maximum Gasteiger partial charge on any atom is 0.0402 e. The molecule has 15 heavy (non-hydrogen) atoms. The molecule has 0 aliphatic carbocycles. The van der Waals surface area contributed by atoms with E-state index in [9.17, 15) is 0 Å². The second-order valence-corrected chi connectivity index (χ2v) is 4.81. The minimum absolute atomic E-state index is 0.727. The lowest BCUT2D eigenvalue weighted by molar-refractivity contribution is 0.357. The van der Waals surface area contributed by atoms with Crippen LogP contribution in [0.5, 0.6) is 0 Å². The Kier molecular flexibility index (Phi) is 2.17. The number of benzene rings is 1. The summed E-state index contributed by atoms with van der Waals surface area (Å²) in [5, 5.41) is 0. The number of hydrogen-bond acceptors (Lipinski definition) is 2. The Hall–Kier alpha value is -1.02. The van der Waals surface area contributed by atoms with Crippen molar-refractivity contribution in [2.45, 2.75) is 25.3 Å². The summed E-state index contributed by atoms with van der Waals surface area (Å²) in [6.07, 6.45) is 3.78. The highest BCUT2D eigenvalue weighted by Gasteiger charge is 2.33. The van der Waals surface area contributed by atoms with Gasteiger partial charge in [-0.15, -0.1) is 0 Å². The third kappa shape index (κ3) is 1.44. The largest absolute Gasteiger partial charge is 0.368 e. The van der Waals surface area contributed by atoms with Crippen molar-refractivity contribution in [2.24, 2.45) is 11.7 Å². The highest BCUT2D eigenvalue weighted by molar-refractivity contribution is 5.59. The average Bonchev–Trinajstić information content (AvgIpc) is 2.66. The fraction of sp³-hybridized carbons (Fsp3) is 0.538. The Morgan fingerprint density at radius 3 is 3.07 bits per heavy atom. The van der Waals surface area contributed by atoms with Crippen LogP contribution in [0.25, 0.3) is 0 Å². The van der Waals surface area contributed by atoms with Crippen LogP contribution < -0.4 is 10.6 Å². The van der Waals surface area contributed by atoms with Gasteiger partial charge in [0.1, 0.15) is 0 Å². The molecule has 2 nitrogen and oxygen atoms in total. The topological polar surface area (TPSA) is 29.3 Å². The first-order valence-corrected chi connectivity index (χ1v) is 5.93. The number of nitrogens with zero attached hydrogens (tertiary/aromatic N) is 1. The monoisotopic (exact) mass is 202 g/mol. The van der Waals surface area contributed by atoms with E-state index in [1.165, 1.54) is 37.1 Å². The van der Waals surface area contributed by atoms with Gasteiger partial charge in [-0.05, 0) is 43.4 Å². The van der Waals surface area contributed by atoms with Crippen LogP contribution in [0.1, 0.15) is 18.4 Å². The Morgan fingerprint density at radius 1 is 1.33 bits per heavy atom. The van der Waals surface area contributed by atoms with Gasteiger partial charge in [-0.1, -0.05) is 18.2 Å². The fourth-order valence-corrected chi connectivity index (χ4v) is 3.08. The maximum atomic E-state index is 5.77. The lowest BCUT2D eigenvalue weighted by atomic mass is 9.91. The van der Waals surface area contributed by atoms with Crippen molar-refractivity contribution < 1.29 is 0 Å². The number of hydrogen-bond donors (Lipinski definition) is 1. The molecule has 2 unspecified atom stereocenters. The van der Waals surface area contributed by atoms with E-state index in [1.54, 1.807) is 0 Å². The minimum Gasteiger partial charge on any atom is -0.368 e. The summed E-state index contributed by atoms with van der Waals surface area (Å²) in [5.41, 5.74) is 8.77. The molecule has 0 amide bonds. The van der Waals surface area contributed by atoms with Crippen LogP contribution in [0, 0.1) is 5.92 Å². The smallest absolute Gasteiger partial charge is 0.0402 e. The predicted octanol–water partition coefficient (Wildman–Crippen LogP) is 1.79. The zero-order chi connectivity index (χ0) is 10.3. The standard InChI is InChI=1S/C13H18N2/c14-9-10-5-6-15-12(7-10)8-11-3-1-2-4-13(11)15/h1-4,10,12H,5-9,14H2. The van der Waals surface area contributed by atoms with Crippen LogP contribution in [-0.4, -0.2) is 19.1 Å². The highest BCUT2D eigenvalue weighted by Crippen LogP contribution is 2.37.